The summed E-state index contributed by atoms with van der Waals surface area (Å²) in [4.78, 5) is 21.6. The standard InChI is InChI=1S/C8H8BrNO4/c9-5-8(12)14-7(11)2-1-6-3-4-13-10-6/h3-4H,1-2,5H2. The number of carbonyl (C=O) groups excluding carboxylic acids is 2. The highest BCUT2D eigenvalue weighted by Gasteiger charge is 2.09. The lowest BCUT2D eigenvalue weighted by Crippen LogP contribution is -2.13. The van der Waals surface area contributed by atoms with Gasteiger partial charge in [-0.15, -0.1) is 0 Å². The van der Waals surface area contributed by atoms with Gasteiger partial charge >= 0.3 is 11.9 Å². The maximum absolute atomic E-state index is 11.0. The highest BCUT2D eigenvalue weighted by molar-refractivity contribution is 9.09. The summed E-state index contributed by atoms with van der Waals surface area (Å²) in [5, 5.41) is 3.63. The fourth-order valence-electron chi connectivity index (χ4n) is 0.802. The van der Waals surface area contributed by atoms with Crippen LogP contribution < -0.4 is 0 Å². The first kappa shape index (κ1) is 10.9. The van der Waals surface area contributed by atoms with E-state index >= 15 is 0 Å². The molecule has 6 heteroatoms. The molecule has 1 rings (SSSR count). The number of aromatic nitrogens is 1. The normalized spacial score (nSPS) is 9.79. The van der Waals surface area contributed by atoms with Gasteiger partial charge in [0, 0.05) is 12.5 Å². The largest absolute Gasteiger partial charge is 0.393 e. The Morgan fingerprint density at radius 3 is 2.86 bits per heavy atom. The van der Waals surface area contributed by atoms with Gasteiger partial charge in [-0.2, -0.15) is 0 Å². The maximum Gasteiger partial charge on any atom is 0.324 e. The smallest absolute Gasteiger partial charge is 0.324 e. The highest BCUT2D eigenvalue weighted by atomic mass is 79.9. The first-order valence-electron chi connectivity index (χ1n) is 3.91. The molecule has 0 aromatic carbocycles. The fourth-order valence-corrected chi connectivity index (χ4v) is 0.916. The van der Waals surface area contributed by atoms with Crippen LogP contribution in [0.25, 0.3) is 0 Å². The van der Waals surface area contributed by atoms with Crippen molar-refractivity contribution in [1.82, 2.24) is 5.16 Å². The summed E-state index contributed by atoms with van der Waals surface area (Å²) < 4.78 is 8.99. The van der Waals surface area contributed by atoms with Crippen LogP contribution >= 0.6 is 15.9 Å². The van der Waals surface area contributed by atoms with E-state index in [0.29, 0.717) is 12.1 Å². The fraction of sp³-hybridized carbons (Fsp3) is 0.375. The lowest BCUT2D eigenvalue weighted by molar-refractivity contribution is -0.157. The van der Waals surface area contributed by atoms with Crippen molar-refractivity contribution in [3.05, 3.63) is 18.0 Å². The van der Waals surface area contributed by atoms with Crippen LogP contribution in [0.4, 0.5) is 0 Å². The second kappa shape index (κ2) is 5.54. The van der Waals surface area contributed by atoms with Gasteiger partial charge in [0.15, 0.2) is 0 Å². The van der Waals surface area contributed by atoms with Crippen molar-refractivity contribution in [3.8, 4) is 0 Å². The topological polar surface area (TPSA) is 69.4 Å². The van der Waals surface area contributed by atoms with E-state index < -0.39 is 11.9 Å². The summed E-state index contributed by atoms with van der Waals surface area (Å²) in [6.45, 7) is 0. The van der Waals surface area contributed by atoms with Gasteiger partial charge in [0.25, 0.3) is 0 Å². The molecule has 0 aliphatic rings. The molecule has 0 bridgehead atoms. The third-order valence-corrected chi connectivity index (χ3v) is 1.87. The van der Waals surface area contributed by atoms with Crippen molar-refractivity contribution in [3.63, 3.8) is 0 Å². The second-order valence-electron chi connectivity index (χ2n) is 2.47. The van der Waals surface area contributed by atoms with Gasteiger partial charge in [-0.1, -0.05) is 21.1 Å². The van der Waals surface area contributed by atoms with Crippen molar-refractivity contribution in [1.29, 1.82) is 0 Å². The predicted octanol–water partition coefficient (Wildman–Crippen LogP) is 1.07. The van der Waals surface area contributed by atoms with Crippen LogP contribution in [0.15, 0.2) is 16.9 Å². The van der Waals surface area contributed by atoms with Gasteiger partial charge in [-0.05, 0) is 0 Å². The van der Waals surface area contributed by atoms with E-state index in [9.17, 15) is 9.59 Å². The molecule has 0 saturated heterocycles. The van der Waals surface area contributed by atoms with Gasteiger partial charge < -0.3 is 9.26 Å². The molecule has 76 valence electrons. The number of aryl methyl sites for hydroxylation is 1. The number of hydrogen-bond acceptors (Lipinski definition) is 5. The van der Waals surface area contributed by atoms with E-state index in [1.807, 2.05) is 0 Å². The third kappa shape index (κ3) is 3.69. The molecule has 0 atom stereocenters. The van der Waals surface area contributed by atoms with E-state index in [1.54, 1.807) is 6.07 Å². The number of hydrogen-bond donors (Lipinski definition) is 0. The highest BCUT2D eigenvalue weighted by Crippen LogP contribution is 2.00. The molecule has 1 aromatic rings. The number of nitrogens with zero attached hydrogens (tertiary/aromatic N) is 1. The molecule has 1 heterocycles. The lowest BCUT2D eigenvalue weighted by atomic mass is 10.2. The molecule has 0 radical (unpaired) electrons. The number of esters is 2. The van der Waals surface area contributed by atoms with Crippen LogP contribution in [-0.2, 0) is 20.7 Å². The number of halogens is 1. The SMILES string of the molecule is O=C(CBr)OC(=O)CCc1ccon1. The molecule has 0 N–H and O–H groups in total. The number of ether oxygens (including phenoxy) is 1. The summed E-state index contributed by atoms with van der Waals surface area (Å²) in [5.41, 5.74) is 0.660. The Morgan fingerprint density at radius 1 is 1.50 bits per heavy atom. The molecule has 0 fully saturated rings. The predicted molar refractivity (Wildman–Crippen MR) is 49.7 cm³/mol. The molecule has 0 spiro atoms. The quantitative estimate of drug-likeness (QED) is 0.461. The minimum Gasteiger partial charge on any atom is -0.393 e. The summed E-state index contributed by atoms with van der Waals surface area (Å²) in [7, 11) is 0. The van der Waals surface area contributed by atoms with Crippen molar-refractivity contribution in [2.24, 2.45) is 0 Å². The van der Waals surface area contributed by atoms with Crippen LogP contribution in [0.1, 0.15) is 12.1 Å². The van der Waals surface area contributed by atoms with Gasteiger partial charge in [-0.3, -0.25) is 9.59 Å². The minimum atomic E-state index is -0.588. The monoisotopic (exact) mass is 261 g/mol. The summed E-state index contributed by atoms with van der Waals surface area (Å²) in [6.07, 6.45) is 1.94. The first-order valence-corrected chi connectivity index (χ1v) is 5.03. The molecular weight excluding hydrogens is 254 g/mol. The van der Waals surface area contributed by atoms with Crippen molar-refractivity contribution >= 4 is 27.9 Å². The van der Waals surface area contributed by atoms with Crippen molar-refractivity contribution in [2.45, 2.75) is 12.8 Å². The molecule has 0 aliphatic carbocycles. The zero-order valence-corrected chi connectivity index (χ0v) is 8.82. The number of alkyl halides is 1. The molecule has 0 amide bonds. The molecule has 14 heavy (non-hydrogen) atoms. The Morgan fingerprint density at radius 2 is 2.29 bits per heavy atom. The zero-order chi connectivity index (χ0) is 10.4. The van der Waals surface area contributed by atoms with Gasteiger partial charge in [-0.25, -0.2) is 0 Å². The molecule has 5 nitrogen and oxygen atoms in total. The molecule has 0 unspecified atom stereocenters. The van der Waals surface area contributed by atoms with Crippen LogP contribution in [0.2, 0.25) is 0 Å². The zero-order valence-electron chi connectivity index (χ0n) is 7.23. The Hall–Kier alpha value is -1.17. The molecule has 0 saturated carbocycles. The van der Waals surface area contributed by atoms with Gasteiger partial charge in [0.1, 0.15) is 11.6 Å². The first-order chi connectivity index (χ1) is 6.72. The Labute approximate surface area is 88.5 Å². The van der Waals surface area contributed by atoms with E-state index in [1.165, 1.54) is 6.26 Å². The maximum atomic E-state index is 11.0. The van der Waals surface area contributed by atoms with Crippen LogP contribution in [-0.4, -0.2) is 22.4 Å². The van der Waals surface area contributed by atoms with E-state index in [-0.39, 0.29) is 11.8 Å². The molecular formula is C8H8BrNO4. The van der Waals surface area contributed by atoms with E-state index in [4.69, 9.17) is 0 Å². The Kier molecular flexibility index (Phi) is 4.31. The molecule has 1 aromatic heterocycles. The number of carbonyl (C=O) groups is 2. The van der Waals surface area contributed by atoms with Crippen LogP contribution in [0, 0.1) is 0 Å². The second-order valence-corrected chi connectivity index (χ2v) is 3.03. The Bertz CT molecular complexity index is 309. The Balaban J connectivity index is 2.25. The van der Waals surface area contributed by atoms with E-state index in [2.05, 4.69) is 30.3 Å². The van der Waals surface area contributed by atoms with Crippen LogP contribution in [0.3, 0.4) is 0 Å². The summed E-state index contributed by atoms with van der Waals surface area (Å²) >= 11 is 2.88. The van der Waals surface area contributed by atoms with Crippen LogP contribution in [0.5, 0.6) is 0 Å². The van der Waals surface area contributed by atoms with E-state index in [0.717, 1.165) is 0 Å². The summed E-state index contributed by atoms with van der Waals surface area (Å²) in [5.74, 6) is -1.15. The third-order valence-electron chi connectivity index (χ3n) is 1.41. The van der Waals surface area contributed by atoms with Gasteiger partial charge in [0.2, 0.25) is 0 Å². The van der Waals surface area contributed by atoms with Gasteiger partial charge in [0.05, 0.1) is 12.1 Å². The number of rotatable bonds is 4. The average molecular weight is 262 g/mol. The van der Waals surface area contributed by atoms with Crippen molar-refractivity contribution in [2.75, 3.05) is 5.33 Å². The van der Waals surface area contributed by atoms with Crippen molar-refractivity contribution < 1.29 is 18.8 Å². The summed E-state index contributed by atoms with van der Waals surface area (Å²) in [6, 6.07) is 1.65. The average Bonchev–Trinajstić information content (AvgIpc) is 2.67. The molecule has 0 aliphatic heterocycles. The minimum absolute atomic E-state index is 0.0166. The lowest BCUT2D eigenvalue weighted by Gasteiger charge is -1.98.